The van der Waals surface area contributed by atoms with Crippen LogP contribution in [0.2, 0.25) is 0 Å². The van der Waals surface area contributed by atoms with Crippen LogP contribution in [-0.2, 0) is 0 Å². The molecule has 310 valence electrons. The van der Waals surface area contributed by atoms with E-state index in [2.05, 4.69) is 0 Å². The fourth-order valence-electron chi connectivity index (χ4n) is 6.51. The highest BCUT2D eigenvalue weighted by atomic mass is 16.5. The lowest BCUT2D eigenvalue weighted by atomic mass is 10.0. The monoisotopic (exact) mass is 822 g/mol. The van der Waals surface area contributed by atoms with Crippen LogP contribution >= 0.6 is 0 Å². The molecule has 0 unspecified atom stereocenters. The molecule has 0 saturated heterocycles. The van der Waals surface area contributed by atoms with E-state index < -0.39 is 0 Å². The Balaban J connectivity index is 0.932. The van der Waals surface area contributed by atoms with Gasteiger partial charge in [-0.1, -0.05) is 42.5 Å². The maximum Gasteiger partial charge on any atom is 0.193 e. The summed E-state index contributed by atoms with van der Waals surface area (Å²) in [6.45, 7) is 8.80. The van der Waals surface area contributed by atoms with E-state index in [-0.39, 0.29) is 11.6 Å². The molecular formula is C54H46O8. The zero-order valence-electron chi connectivity index (χ0n) is 35.0. The summed E-state index contributed by atoms with van der Waals surface area (Å²) >= 11 is 0. The third-order valence-corrected chi connectivity index (χ3v) is 9.45. The second-order valence-corrected chi connectivity index (χ2v) is 13.9. The Morgan fingerprint density at radius 2 is 0.726 bits per heavy atom. The first-order chi connectivity index (χ1) is 30.3. The Morgan fingerprint density at radius 1 is 0.387 bits per heavy atom. The molecule has 0 atom stereocenters. The molecule has 0 bridgehead atoms. The summed E-state index contributed by atoms with van der Waals surface area (Å²) in [5, 5.41) is 0. The van der Waals surface area contributed by atoms with E-state index in [1.165, 1.54) is 0 Å². The molecular weight excluding hydrogens is 777 g/mol. The lowest BCUT2D eigenvalue weighted by molar-refractivity contribution is 0.103. The number of allylic oxidation sites excluding steroid dienone is 2. The minimum atomic E-state index is -0.127. The van der Waals surface area contributed by atoms with Crippen LogP contribution in [0.15, 0.2) is 170 Å². The van der Waals surface area contributed by atoms with Crippen LogP contribution < -0.4 is 28.4 Å². The molecule has 7 aromatic carbocycles. The zero-order valence-corrected chi connectivity index (χ0v) is 35.0. The number of hydrogen-bond donors (Lipinski definition) is 0. The SMILES string of the molecule is C/C=C/c1ccc(OCC)c(Oc2ccc(C(=O)c3ccc(Oc4cccc(Oc5ccc(C(=O)c6ccc(Oc7cc(/C=C/C)ccc7OCC)cc6)cc5)c4)cc3)cc2)c1. The van der Waals surface area contributed by atoms with Crippen LogP contribution in [0.25, 0.3) is 12.2 Å². The Labute approximate surface area is 362 Å². The first-order valence-corrected chi connectivity index (χ1v) is 20.4. The molecule has 0 heterocycles. The predicted octanol–water partition coefficient (Wildman–Crippen LogP) is 14.2. The number of benzene rings is 7. The van der Waals surface area contributed by atoms with Gasteiger partial charge in [-0.3, -0.25) is 9.59 Å². The summed E-state index contributed by atoms with van der Waals surface area (Å²) < 4.78 is 36.0. The average Bonchev–Trinajstić information content (AvgIpc) is 3.29. The smallest absolute Gasteiger partial charge is 0.193 e. The first kappa shape index (κ1) is 42.3. The summed E-state index contributed by atoms with van der Waals surface area (Å²) in [5.41, 5.74) is 4.09. The molecule has 7 aromatic rings. The number of ether oxygens (including phenoxy) is 6. The second-order valence-electron chi connectivity index (χ2n) is 13.9. The van der Waals surface area contributed by atoms with E-state index >= 15 is 0 Å². The molecule has 0 amide bonds. The van der Waals surface area contributed by atoms with E-state index in [4.69, 9.17) is 28.4 Å². The molecule has 0 radical (unpaired) electrons. The third kappa shape index (κ3) is 10.9. The topological polar surface area (TPSA) is 89.5 Å². The molecule has 7 rings (SSSR count). The Morgan fingerprint density at radius 3 is 1.05 bits per heavy atom. The van der Waals surface area contributed by atoms with Gasteiger partial charge in [-0.25, -0.2) is 0 Å². The maximum atomic E-state index is 13.4. The van der Waals surface area contributed by atoms with Gasteiger partial charge in [-0.15, -0.1) is 0 Å². The Bertz CT molecular complexity index is 2490. The highest BCUT2D eigenvalue weighted by Gasteiger charge is 2.14. The number of carbonyl (C=O) groups is 2. The van der Waals surface area contributed by atoms with Crippen molar-refractivity contribution in [3.8, 4) is 57.5 Å². The van der Waals surface area contributed by atoms with Crippen LogP contribution in [-0.4, -0.2) is 24.8 Å². The predicted molar refractivity (Wildman–Crippen MR) is 244 cm³/mol. The molecule has 0 aliphatic carbocycles. The van der Waals surface area contributed by atoms with Gasteiger partial charge < -0.3 is 28.4 Å². The summed E-state index contributed by atoms with van der Waals surface area (Å²) in [5.74, 6) is 5.65. The quantitative estimate of drug-likeness (QED) is 0.0791. The maximum absolute atomic E-state index is 13.4. The lowest BCUT2D eigenvalue weighted by Gasteiger charge is -2.13. The minimum Gasteiger partial charge on any atom is -0.490 e. The summed E-state index contributed by atoms with van der Waals surface area (Å²) in [7, 11) is 0. The molecule has 8 nitrogen and oxygen atoms in total. The van der Waals surface area contributed by atoms with Crippen molar-refractivity contribution >= 4 is 23.7 Å². The van der Waals surface area contributed by atoms with Gasteiger partial charge in [-0.05, 0) is 172 Å². The number of ketones is 2. The van der Waals surface area contributed by atoms with Gasteiger partial charge in [0.25, 0.3) is 0 Å². The molecule has 0 N–H and O–H groups in total. The van der Waals surface area contributed by atoms with Crippen LogP contribution in [0.1, 0.15) is 70.7 Å². The summed E-state index contributed by atoms with van der Waals surface area (Å²) in [6.07, 6.45) is 7.91. The van der Waals surface area contributed by atoms with Crippen LogP contribution in [0.4, 0.5) is 0 Å². The number of rotatable bonds is 18. The van der Waals surface area contributed by atoms with Crippen molar-refractivity contribution in [2.24, 2.45) is 0 Å². The van der Waals surface area contributed by atoms with Gasteiger partial charge in [0.05, 0.1) is 13.2 Å². The van der Waals surface area contributed by atoms with E-state index in [9.17, 15) is 9.59 Å². The number of carbonyl (C=O) groups excluding carboxylic acids is 2. The van der Waals surface area contributed by atoms with Crippen molar-refractivity contribution in [3.05, 3.63) is 203 Å². The van der Waals surface area contributed by atoms with Crippen LogP contribution in [0.3, 0.4) is 0 Å². The molecule has 0 aliphatic heterocycles. The second kappa shape index (κ2) is 20.4. The van der Waals surface area contributed by atoms with Crippen LogP contribution in [0.5, 0.6) is 57.5 Å². The van der Waals surface area contributed by atoms with Gasteiger partial charge in [0.15, 0.2) is 34.6 Å². The molecule has 62 heavy (non-hydrogen) atoms. The summed E-state index contributed by atoms with van der Waals surface area (Å²) in [6, 6.07) is 46.8. The van der Waals surface area contributed by atoms with Gasteiger partial charge >= 0.3 is 0 Å². The van der Waals surface area contributed by atoms with Crippen molar-refractivity contribution in [1.29, 1.82) is 0 Å². The van der Waals surface area contributed by atoms with Crippen molar-refractivity contribution in [2.45, 2.75) is 27.7 Å². The molecule has 0 saturated carbocycles. The van der Waals surface area contributed by atoms with Gasteiger partial charge in [0, 0.05) is 28.3 Å². The van der Waals surface area contributed by atoms with Gasteiger partial charge in [0.2, 0.25) is 0 Å². The Hall–Kier alpha value is -7.84. The Kier molecular flexibility index (Phi) is 13.9. The fourth-order valence-corrected chi connectivity index (χ4v) is 6.51. The number of hydrogen-bond acceptors (Lipinski definition) is 8. The molecule has 0 aliphatic rings. The zero-order chi connectivity index (χ0) is 43.3. The molecule has 8 heteroatoms. The van der Waals surface area contributed by atoms with E-state index in [1.54, 1.807) is 103 Å². The largest absolute Gasteiger partial charge is 0.490 e. The summed E-state index contributed by atoms with van der Waals surface area (Å²) in [4.78, 5) is 26.7. The van der Waals surface area contributed by atoms with Crippen molar-refractivity contribution in [3.63, 3.8) is 0 Å². The van der Waals surface area contributed by atoms with Crippen LogP contribution in [0, 0.1) is 0 Å². The van der Waals surface area contributed by atoms with Gasteiger partial charge in [-0.2, -0.15) is 0 Å². The van der Waals surface area contributed by atoms with Crippen molar-refractivity contribution in [1.82, 2.24) is 0 Å². The normalized spacial score (nSPS) is 11.0. The van der Waals surface area contributed by atoms with Gasteiger partial charge in [0.1, 0.15) is 34.5 Å². The average molecular weight is 823 g/mol. The van der Waals surface area contributed by atoms with Crippen molar-refractivity contribution < 1.29 is 38.0 Å². The third-order valence-electron chi connectivity index (χ3n) is 9.45. The van der Waals surface area contributed by atoms with Crippen molar-refractivity contribution in [2.75, 3.05) is 13.2 Å². The first-order valence-electron chi connectivity index (χ1n) is 20.4. The standard InChI is InChI=1S/C54H46O8/c1-5-10-37-14-32-49(57-7-3)51(34-37)61-45-28-20-41(21-29-45)53(55)39-16-24-43(25-17-39)59-47-12-9-13-48(36-47)60-44-26-18-40(19-27-44)54(56)42-22-30-46(31-23-42)62-52-35-38(11-6-2)15-33-50(52)58-8-4/h5-6,9-36H,7-8H2,1-4H3/b10-5+,11-6+. The molecule has 0 spiro atoms. The fraction of sp³-hybridized carbons (Fsp3) is 0.111. The van der Waals surface area contributed by atoms with E-state index in [1.807, 2.05) is 107 Å². The highest BCUT2D eigenvalue weighted by Crippen LogP contribution is 2.36. The van der Waals surface area contributed by atoms with E-state index in [0.717, 1.165) is 11.1 Å². The lowest BCUT2D eigenvalue weighted by Crippen LogP contribution is -2.01. The molecule has 0 aromatic heterocycles. The van der Waals surface area contributed by atoms with E-state index in [0.29, 0.717) is 93.0 Å². The highest BCUT2D eigenvalue weighted by molar-refractivity contribution is 6.09. The minimum absolute atomic E-state index is 0.127. The molecule has 0 fully saturated rings.